The predicted molar refractivity (Wildman–Crippen MR) is 120 cm³/mol. The zero-order valence-corrected chi connectivity index (χ0v) is 19.7. The van der Waals surface area contributed by atoms with E-state index in [1.807, 2.05) is 0 Å². The predicted octanol–water partition coefficient (Wildman–Crippen LogP) is -0.495. The van der Waals surface area contributed by atoms with Crippen LogP contribution in [0.15, 0.2) is 21.8 Å². The molecule has 0 saturated carbocycles. The lowest BCUT2D eigenvalue weighted by molar-refractivity contribution is -0.150. The number of carboxylic acids is 1. The number of carbonyl (C=O) groups excluding carboxylic acids is 4. The van der Waals surface area contributed by atoms with Gasteiger partial charge in [-0.1, -0.05) is 5.16 Å². The summed E-state index contributed by atoms with van der Waals surface area (Å²) < 4.78 is 4.66. The molecule has 1 fully saturated rings. The molecule has 3 rings (SSSR count). The molecule has 34 heavy (non-hydrogen) atoms. The van der Waals surface area contributed by atoms with Crippen molar-refractivity contribution in [2.45, 2.75) is 11.4 Å². The van der Waals surface area contributed by atoms with Gasteiger partial charge in [0, 0.05) is 16.7 Å². The number of nitrogens with one attached hydrogen (secondary N) is 2. The summed E-state index contributed by atoms with van der Waals surface area (Å²) in [6.45, 7) is -0.380. The first-order valence-electron chi connectivity index (χ1n) is 9.23. The summed E-state index contributed by atoms with van der Waals surface area (Å²) in [6, 6.07) is -1.05. The van der Waals surface area contributed by atoms with Crippen molar-refractivity contribution in [3.05, 3.63) is 22.3 Å². The molecule has 1 aromatic rings. The molecule has 0 aromatic carbocycles. The van der Waals surface area contributed by atoms with Crippen LogP contribution in [0.25, 0.3) is 0 Å². The van der Waals surface area contributed by atoms with Gasteiger partial charge in [-0.25, -0.2) is 14.6 Å². The molecule has 182 valence electrons. The minimum atomic E-state index is -1.39. The Morgan fingerprint density at radius 3 is 2.76 bits per heavy atom. The van der Waals surface area contributed by atoms with Crippen molar-refractivity contribution < 1.29 is 38.7 Å². The van der Waals surface area contributed by atoms with E-state index in [9.17, 15) is 29.1 Å². The minimum Gasteiger partial charge on any atom is -0.477 e. The number of oxime groups is 1. The Hall–Kier alpha value is -3.37. The maximum Gasteiger partial charge on any atom is 0.404 e. The monoisotopic (exact) mass is 532 g/mol. The van der Waals surface area contributed by atoms with E-state index in [4.69, 9.17) is 22.2 Å². The van der Waals surface area contributed by atoms with Crippen LogP contribution < -0.4 is 16.4 Å². The first kappa shape index (κ1) is 25.3. The van der Waals surface area contributed by atoms with Crippen molar-refractivity contribution in [3.63, 3.8) is 0 Å². The van der Waals surface area contributed by atoms with Gasteiger partial charge in [-0.15, -0.1) is 34.7 Å². The molecule has 0 spiro atoms. The average Bonchev–Trinajstić information content (AvgIpc) is 3.26. The summed E-state index contributed by atoms with van der Waals surface area (Å²) in [5.41, 5.74) is 4.61. The van der Waals surface area contributed by atoms with E-state index in [1.54, 1.807) is 0 Å². The summed E-state index contributed by atoms with van der Waals surface area (Å²) in [5, 5.41) is 19.1. The molecule has 0 bridgehead atoms. The third kappa shape index (κ3) is 5.23. The van der Waals surface area contributed by atoms with Gasteiger partial charge in [0.25, 0.3) is 11.8 Å². The molecule has 1 saturated heterocycles. The quantitative estimate of drug-likeness (QED) is 0.139. The van der Waals surface area contributed by atoms with Crippen LogP contribution in [0.1, 0.15) is 5.69 Å². The number of thioether (sulfide) groups is 1. The Balaban J connectivity index is 1.75. The van der Waals surface area contributed by atoms with Crippen molar-refractivity contribution in [1.29, 1.82) is 0 Å². The molecule has 1 unspecified atom stereocenters. The molecule has 2 aliphatic heterocycles. The van der Waals surface area contributed by atoms with Crippen molar-refractivity contribution in [2.75, 3.05) is 30.7 Å². The van der Waals surface area contributed by atoms with Gasteiger partial charge in [-0.2, -0.15) is 0 Å². The van der Waals surface area contributed by atoms with Crippen LogP contribution in [-0.2, 0) is 28.8 Å². The number of ether oxygens (including phenoxy) is 1. The summed E-state index contributed by atoms with van der Waals surface area (Å²) in [7, 11) is 1.21. The van der Waals surface area contributed by atoms with Crippen molar-refractivity contribution in [2.24, 2.45) is 10.9 Å². The molecule has 2 aliphatic rings. The van der Waals surface area contributed by atoms with Crippen molar-refractivity contribution in [1.82, 2.24) is 15.2 Å². The van der Waals surface area contributed by atoms with Gasteiger partial charge >= 0.3 is 12.1 Å². The van der Waals surface area contributed by atoms with Gasteiger partial charge in [-0.3, -0.25) is 19.3 Å². The number of hydrogen-bond donors (Lipinski definition) is 4. The molecule has 0 aliphatic carbocycles. The number of hydrogen-bond acceptors (Lipinski definition) is 11. The number of nitrogens with zero attached hydrogens (tertiary/aromatic N) is 3. The largest absolute Gasteiger partial charge is 0.477 e. The Bertz CT molecular complexity index is 1110. The highest BCUT2D eigenvalue weighted by Gasteiger charge is 2.54. The number of carbonyl (C=O) groups is 5. The van der Waals surface area contributed by atoms with Gasteiger partial charge < -0.3 is 31.0 Å². The molecule has 4 amide bonds. The van der Waals surface area contributed by atoms with E-state index in [1.165, 1.54) is 24.3 Å². The highest BCUT2D eigenvalue weighted by Crippen LogP contribution is 2.40. The number of aromatic nitrogens is 1. The van der Waals surface area contributed by atoms with Gasteiger partial charge in [0.15, 0.2) is 10.8 Å². The van der Waals surface area contributed by atoms with Crippen LogP contribution in [0, 0.1) is 0 Å². The number of aliphatic carboxylic acids is 1. The van der Waals surface area contributed by atoms with Crippen LogP contribution in [0.5, 0.6) is 0 Å². The topological polar surface area (TPSA) is 203 Å². The number of thiazole rings is 1. The van der Waals surface area contributed by atoms with E-state index in [0.717, 1.165) is 16.2 Å². The fourth-order valence-electron chi connectivity index (χ4n) is 3.05. The summed E-state index contributed by atoms with van der Waals surface area (Å²) in [4.78, 5) is 69.4. The number of primary amides is 1. The number of nitrogens with two attached hydrogens (primary N) is 1. The number of rotatable bonds is 9. The summed E-state index contributed by atoms with van der Waals surface area (Å²) in [6.07, 6.45) is -1.08. The number of anilines is 1. The third-order valence-electron chi connectivity index (χ3n) is 4.44. The van der Waals surface area contributed by atoms with E-state index in [0.29, 0.717) is 0 Å². The Morgan fingerprint density at radius 1 is 1.41 bits per heavy atom. The standard InChI is InChI=1S/C17H17ClN6O8S2/c1-31-23-9(7-5-34-17(20-7)21-8(25)2-18)12(26)22-10-13(27)24-11(15(28)29)6(3-32-16(19)30)4-33-14(10)24/h5,10,14H,2-4H2,1H3,(H2,19,30)(H,22,26)(H,28,29)(H,20,21,25)/b23-9-/t10?,14-/m1/s1. The van der Waals surface area contributed by atoms with E-state index < -0.39 is 41.2 Å². The van der Waals surface area contributed by atoms with Crippen molar-refractivity contribution >= 4 is 75.3 Å². The Morgan fingerprint density at radius 2 is 2.15 bits per heavy atom. The van der Waals surface area contributed by atoms with Gasteiger partial charge in [0.1, 0.15) is 42.4 Å². The minimum absolute atomic E-state index is 0.0751. The fraction of sp³-hybridized carbons (Fsp3) is 0.353. The highest BCUT2D eigenvalue weighted by molar-refractivity contribution is 8.00. The molecule has 0 radical (unpaired) electrons. The van der Waals surface area contributed by atoms with Crippen LogP contribution >= 0.6 is 34.7 Å². The lowest BCUT2D eigenvalue weighted by atomic mass is 10.0. The van der Waals surface area contributed by atoms with Crippen LogP contribution in [0.4, 0.5) is 9.93 Å². The Labute approximate surface area is 204 Å². The second kappa shape index (κ2) is 10.7. The first-order valence-corrected chi connectivity index (χ1v) is 11.7. The molecule has 5 N–H and O–H groups in total. The molecule has 3 heterocycles. The fourth-order valence-corrected chi connectivity index (χ4v) is 5.16. The smallest absolute Gasteiger partial charge is 0.404 e. The van der Waals surface area contributed by atoms with E-state index >= 15 is 0 Å². The SMILES string of the molecule is CO/N=C(\C(=O)NC1C(=O)N2C(C(=O)O)=C(COC(N)=O)CS[C@H]12)c1csc(NC(=O)CCl)n1. The normalized spacial score (nSPS) is 19.6. The second-order valence-corrected chi connectivity index (χ2v) is 8.80. The average molecular weight is 533 g/mol. The van der Waals surface area contributed by atoms with E-state index in [-0.39, 0.29) is 46.0 Å². The number of fused-ring (bicyclic) bond motifs is 1. The number of alkyl halides is 1. The maximum absolute atomic E-state index is 12.9. The molecule has 14 nitrogen and oxygen atoms in total. The summed E-state index contributed by atoms with van der Waals surface area (Å²) in [5.74, 6) is -3.51. The second-order valence-electron chi connectivity index (χ2n) is 6.57. The highest BCUT2D eigenvalue weighted by atomic mass is 35.5. The van der Waals surface area contributed by atoms with E-state index in [2.05, 4.69) is 25.5 Å². The molecule has 1 aromatic heterocycles. The molecular formula is C17H17ClN6O8S2. The Kier molecular flexibility index (Phi) is 7.95. The number of amides is 4. The van der Waals surface area contributed by atoms with Gasteiger partial charge in [-0.05, 0) is 0 Å². The maximum atomic E-state index is 12.9. The zero-order valence-electron chi connectivity index (χ0n) is 17.3. The number of carboxylic acid groups (broad SMARTS) is 1. The first-order chi connectivity index (χ1) is 16.2. The lowest BCUT2D eigenvalue weighted by Gasteiger charge is -2.49. The molecule has 17 heteroatoms. The van der Waals surface area contributed by atoms with Crippen LogP contribution in [-0.4, -0.2) is 87.3 Å². The zero-order chi connectivity index (χ0) is 25.0. The summed E-state index contributed by atoms with van der Waals surface area (Å²) >= 11 is 7.64. The van der Waals surface area contributed by atoms with Gasteiger partial charge in [0.2, 0.25) is 5.91 Å². The van der Waals surface area contributed by atoms with Crippen LogP contribution in [0.3, 0.4) is 0 Å². The van der Waals surface area contributed by atoms with Gasteiger partial charge in [0.05, 0.1) is 0 Å². The van der Waals surface area contributed by atoms with Crippen molar-refractivity contribution in [3.8, 4) is 0 Å². The third-order valence-corrected chi connectivity index (χ3v) is 6.78. The number of β-lactam (4-membered cyclic amide) rings is 1. The molecular weight excluding hydrogens is 516 g/mol. The van der Waals surface area contributed by atoms with Crippen LogP contribution in [0.2, 0.25) is 0 Å². The molecule has 2 atom stereocenters. The number of halogens is 1. The lowest BCUT2D eigenvalue weighted by Crippen LogP contribution is -2.71.